The first kappa shape index (κ1) is 9.43. The number of rotatable bonds is 3. The molecule has 0 fully saturated rings. The van der Waals surface area contributed by atoms with E-state index in [9.17, 15) is 5.11 Å². The van der Waals surface area contributed by atoms with Gasteiger partial charge >= 0.3 is 0 Å². The second-order valence-electron chi connectivity index (χ2n) is 3.18. The largest absolute Gasteiger partial charge is 0.347 e. The van der Waals surface area contributed by atoms with Crippen LogP contribution in [0.4, 0.5) is 0 Å². The normalized spacial score (nSPS) is 10.1. The summed E-state index contributed by atoms with van der Waals surface area (Å²) in [5, 5.41) is 15.5. The summed E-state index contributed by atoms with van der Waals surface area (Å²) in [5.74, 6) is 0.00953. The minimum absolute atomic E-state index is 0.00953. The smallest absolute Gasteiger partial charge is 0.179 e. The first-order valence-electron chi connectivity index (χ1n) is 4.58. The van der Waals surface area contributed by atoms with Gasteiger partial charge in [0.05, 0.1) is 0 Å². The maximum absolute atomic E-state index is 11.1. The number of hydrogen-bond acceptors (Lipinski definition) is 1. The Morgan fingerprint density at radius 2 is 2.27 bits per heavy atom. The molecule has 15 heavy (non-hydrogen) atoms. The van der Waals surface area contributed by atoms with Crippen molar-refractivity contribution >= 4 is 10.9 Å². The SMILES string of the molecule is [N-]=[N+]=NCCn1ccc2cc([3O])ccc21. The van der Waals surface area contributed by atoms with Gasteiger partial charge in [-0.05, 0) is 29.8 Å². The summed E-state index contributed by atoms with van der Waals surface area (Å²) < 4.78 is 1.96. The van der Waals surface area contributed by atoms with E-state index in [0.717, 1.165) is 10.9 Å². The van der Waals surface area contributed by atoms with E-state index in [1.807, 2.05) is 16.8 Å². The van der Waals surface area contributed by atoms with Crippen molar-refractivity contribution in [3.05, 3.63) is 40.9 Å². The predicted octanol–water partition coefficient (Wildman–Crippen LogP) is 3.10. The van der Waals surface area contributed by atoms with Gasteiger partial charge in [-0.3, -0.25) is 5.11 Å². The molecule has 1 aromatic heterocycles. The third-order valence-corrected chi connectivity index (χ3v) is 2.25. The monoisotopic (exact) mass is 188 g/mol. The molecule has 0 saturated carbocycles. The van der Waals surface area contributed by atoms with Crippen molar-refractivity contribution in [2.24, 2.45) is 5.11 Å². The first-order chi connectivity index (χ1) is 7.31. The van der Waals surface area contributed by atoms with Crippen LogP contribution >= 0.6 is 0 Å². The van der Waals surface area contributed by atoms with Gasteiger partial charge in [-0.1, -0.05) is 5.11 Å². The zero-order valence-electron chi connectivity index (χ0n) is 8.00. The zero-order chi connectivity index (χ0) is 10.7. The lowest BCUT2D eigenvalue weighted by Gasteiger charge is -2.01. The molecule has 5 nitrogen and oxygen atoms in total. The maximum Gasteiger partial charge on any atom is 0.179 e. The average Bonchev–Trinajstić information content (AvgIpc) is 2.61. The first-order valence-corrected chi connectivity index (χ1v) is 4.58. The minimum atomic E-state index is 0.00953. The molecule has 1 aromatic carbocycles. The van der Waals surface area contributed by atoms with Crippen molar-refractivity contribution < 1.29 is 5.11 Å². The molecule has 0 saturated heterocycles. The summed E-state index contributed by atoms with van der Waals surface area (Å²) in [6.45, 7) is 1.05. The van der Waals surface area contributed by atoms with Crippen molar-refractivity contribution in [1.82, 2.24) is 4.57 Å². The topological polar surface area (TPSA) is 73.6 Å². The minimum Gasteiger partial charge on any atom is -0.347 e. The molecule has 2 aromatic rings. The Morgan fingerprint density at radius 1 is 1.40 bits per heavy atom. The zero-order valence-corrected chi connectivity index (χ0v) is 8.00. The molecule has 75 valence electrons. The van der Waals surface area contributed by atoms with E-state index in [2.05, 4.69) is 10.0 Å². The Morgan fingerprint density at radius 3 is 3.07 bits per heavy atom. The second kappa shape index (κ2) is 3.94. The lowest BCUT2D eigenvalue weighted by Crippen LogP contribution is -1.98. The van der Waals surface area contributed by atoms with Gasteiger partial charge in [0.1, 0.15) is 0 Å². The van der Waals surface area contributed by atoms with E-state index in [1.54, 1.807) is 12.1 Å². The van der Waals surface area contributed by atoms with E-state index in [-0.39, 0.29) is 5.75 Å². The molecule has 0 aliphatic carbocycles. The van der Waals surface area contributed by atoms with Crippen LogP contribution in [0.3, 0.4) is 0 Å². The van der Waals surface area contributed by atoms with Gasteiger partial charge in [0.2, 0.25) is 0 Å². The van der Waals surface area contributed by atoms with Crippen LogP contribution in [-0.2, 0) is 11.7 Å². The van der Waals surface area contributed by atoms with Crippen LogP contribution in [-0.4, -0.2) is 11.1 Å². The molecule has 0 bridgehead atoms. The molecule has 1 radical (unpaired) electrons. The predicted molar refractivity (Wildman–Crippen MR) is 56.1 cm³/mol. The van der Waals surface area contributed by atoms with Crippen LogP contribution in [0.1, 0.15) is 0 Å². The fraction of sp³-hybridized carbons (Fsp3) is 0.200. The van der Waals surface area contributed by atoms with Gasteiger partial charge in [0, 0.05) is 35.1 Å². The lowest BCUT2D eigenvalue weighted by atomic mass is 2.89. The molecule has 0 amide bonds. The van der Waals surface area contributed by atoms with Gasteiger partial charge in [-0.15, -0.1) is 0 Å². The van der Waals surface area contributed by atoms with Crippen LogP contribution in [0.25, 0.3) is 21.3 Å². The van der Waals surface area contributed by atoms with Crippen LogP contribution in [0.2, 0.25) is 0 Å². The third-order valence-electron chi connectivity index (χ3n) is 2.25. The highest BCUT2D eigenvalue weighted by Crippen LogP contribution is 2.21. The molecule has 0 aliphatic heterocycles. The average molecular weight is 188 g/mol. The van der Waals surface area contributed by atoms with Crippen molar-refractivity contribution in [1.29, 1.82) is 0 Å². The van der Waals surface area contributed by atoms with Gasteiger partial charge in [-0.2, -0.15) is 0 Å². The maximum atomic E-state index is 11.1. The molecule has 2 rings (SSSR count). The van der Waals surface area contributed by atoms with E-state index >= 15 is 0 Å². The number of hydrogen-bond donors (Lipinski definition) is 0. The standard InChI is InChI=1S/C10H9N4O/c11-13-12-4-6-14-5-3-8-7-9(15)1-2-10(8)14/h1-3,5,7H,4,6H2/i15-13. The van der Waals surface area contributed by atoms with Gasteiger partial charge in [-0.25, -0.2) is 0 Å². The van der Waals surface area contributed by atoms with E-state index in [4.69, 9.17) is 5.53 Å². The fourth-order valence-corrected chi connectivity index (χ4v) is 1.57. The summed E-state index contributed by atoms with van der Waals surface area (Å²) >= 11 is 0. The highest BCUT2D eigenvalue weighted by Gasteiger charge is 2.01. The number of aromatic nitrogens is 1. The molecule has 1 heterocycles. The van der Waals surface area contributed by atoms with Crippen LogP contribution in [0.15, 0.2) is 35.6 Å². The van der Waals surface area contributed by atoms with Crippen LogP contribution in [0.5, 0.6) is 5.75 Å². The summed E-state index contributed by atoms with van der Waals surface area (Å²) in [6, 6.07) is 6.80. The molecule has 0 unspecified atom stereocenters. The van der Waals surface area contributed by atoms with Gasteiger partial charge in [0.15, 0.2) is 5.75 Å². The number of nitrogens with zero attached hydrogens (tertiary/aromatic N) is 4. The molecule has 0 atom stereocenters. The molecular formula is C10H9N4O. The van der Waals surface area contributed by atoms with Crippen molar-refractivity contribution in [2.45, 2.75) is 6.54 Å². The van der Waals surface area contributed by atoms with Gasteiger partial charge < -0.3 is 4.57 Å². The Balaban J connectivity index is 2.32. The number of azide groups is 1. The Labute approximate surface area is 86.2 Å². The van der Waals surface area contributed by atoms with E-state index in [1.165, 1.54) is 6.07 Å². The summed E-state index contributed by atoms with van der Waals surface area (Å²) in [4.78, 5) is 2.69. The van der Waals surface area contributed by atoms with Gasteiger partial charge in [0.25, 0.3) is 0 Å². The summed E-state index contributed by atoms with van der Waals surface area (Å²) in [5.41, 5.74) is 9.14. The Kier molecular flexibility index (Phi) is 2.48. The lowest BCUT2D eigenvalue weighted by molar-refractivity contribution is 0.355. The van der Waals surface area contributed by atoms with Crippen LogP contribution < -0.4 is 0 Å². The molecule has 0 N–H and O–H groups in total. The highest BCUT2D eigenvalue weighted by molar-refractivity contribution is 5.81. The number of benzene rings is 1. The van der Waals surface area contributed by atoms with Crippen molar-refractivity contribution in [3.63, 3.8) is 0 Å². The molecule has 5 heteroatoms. The fourth-order valence-electron chi connectivity index (χ4n) is 1.57. The highest BCUT2D eigenvalue weighted by atomic mass is 15.1. The quantitative estimate of drug-likeness (QED) is 0.403. The molecule has 0 spiro atoms. The van der Waals surface area contributed by atoms with E-state index in [0.29, 0.717) is 13.1 Å². The summed E-state index contributed by atoms with van der Waals surface area (Å²) in [6.07, 6.45) is 1.89. The van der Waals surface area contributed by atoms with Crippen molar-refractivity contribution in [3.8, 4) is 5.75 Å². The van der Waals surface area contributed by atoms with Crippen molar-refractivity contribution in [2.75, 3.05) is 6.54 Å². The Bertz CT molecular complexity index is 525. The third kappa shape index (κ3) is 1.87. The number of fused-ring (bicyclic) bond motifs is 1. The van der Waals surface area contributed by atoms with Crippen LogP contribution in [0, 0.1) is 0 Å². The summed E-state index contributed by atoms with van der Waals surface area (Å²) in [7, 11) is 0. The molecule has 0 aliphatic rings. The van der Waals surface area contributed by atoms with E-state index < -0.39 is 0 Å². The Hall–Kier alpha value is -2.13. The second-order valence-corrected chi connectivity index (χ2v) is 3.18. The molecular weight excluding hydrogens is 179 g/mol.